The molecule has 0 amide bonds. The second kappa shape index (κ2) is 4.72. The van der Waals surface area contributed by atoms with Crippen LogP contribution in [0, 0.1) is 0 Å². The van der Waals surface area contributed by atoms with Gasteiger partial charge in [-0.05, 0) is 12.1 Å². The second-order valence-electron chi connectivity index (χ2n) is 4.39. The van der Waals surface area contributed by atoms with Gasteiger partial charge in [-0.1, -0.05) is 17.3 Å². The first kappa shape index (κ1) is 12.3. The van der Waals surface area contributed by atoms with E-state index in [0.717, 1.165) is 11.0 Å². The summed E-state index contributed by atoms with van der Waals surface area (Å²) in [7, 11) is 5.51. The minimum absolute atomic E-state index is 0.432. The van der Waals surface area contributed by atoms with Gasteiger partial charge in [-0.25, -0.2) is 0 Å². The van der Waals surface area contributed by atoms with Crippen molar-refractivity contribution in [1.29, 1.82) is 0 Å². The number of anilines is 2. The van der Waals surface area contributed by atoms with Gasteiger partial charge in [0.2, 0.25) is 11.9 Å². The quantitative estimate of drug-likeness (QED) is 0.750. The van der Waals surface area contributed by atoms with Crippen molar-refractivity contribution in [3.63, 3.8) is 0 Å². The van der Waals surface area contributed by atoms with Crippen LogP contribution in [0.3, 0.4) is 0 Å². The number of nitrogens with zero attached hydrogens (tertiary/aromatic N) is 7. The number of rotatable bonds is 3. The molecule has 0 saturated carbocycles. The molecular formula is C12H14N8. The van der Waals surface area contributed by atoms with Crippen molar-refractivity contribution in [2.24, 2.45) is 0 Å². The average Bonchev–Trinajstić information content (AvgIpc) is 2.90. The normalized spacial score (nSPS) is 10.8. The minimum Gasteiger partial charge on any atom is -0.357 e. The molecule has 1 aromatic carbocycles. The lowest BCUT2D eigenvalue weighted by Gasteiger charge is -2.12. The summed E-state index contributed by atoms with van der Waals surface area (Å²) in [6.45, 7) is 0. The molecule has 2 aromatic heterocycles. The van der Waals surface area contributed by atoms with E-state index < -0.39 is 0 Å². The van der Waals surface area contributed by atoms with E-state index in [1.165, 1.54) is 0 Å². The molecule has 2 heterocycles. The Balaban J connectivity index is 2.20. The molecule has 3 aromatic rings. The molecule has 0 fully saturated rings. The summed E-state index contributed by atoms with van der Waals surface area (Å²) in [5, 5.41) is 11.1. The van der Waals surface area contributed by atoms with Gasteiger partial charge >= 0.3 is 0 Å². The van der Waals surface area contributed by atoms with E-state index >= 15 is 0 Å². The summed E-state index contributed by atoms with van der Waals surface area (Å²) in [5.74, 6) is 1.47. The third-order valence-electron chi connectivity index (χ3n) is 2.78. The Kier molecular flexibility index (Phi) is 2.90. The standard InChI is InChI=1S/C12H14N8/c1-13-10-14-11(19(2)3)16-12(15-10)20-9-7-5-4-6-8(9)17-18-20/h4-7H,1-3H3,(H,13,14,15,16). The zero-order valence-electron chi connectivity index (χ0n) is 11.4. The van der Waals surface area contributed by atoms with Crippen molar-refractivity contribution in [3.05, 3.63) is 24.3 Å². The van der Waals surface area contributed by atoms with Crippen LogP contribution in [0.15, 0.2) is 24.3 Å². The summed E-state index contributed by atoms with van der Waals surface area (Å²) in [4.78, 5) is 14.8. The van der Waals surface area contributed by atoms with E-state index in [1.54, 1.807) is 11.7 Å². The number of hydrogen-bond acceptors (Lipinski definition) is 7. The summed E-state index contributed by atoms with van der Waals surface area (Å²) in [6.07, 6.45) is 0. The van der Waals surface area contributed by atoms with Crippen LogP contribution in [0.1, 0.15) is 0 Å². The van der Waals surface area contributed by atoms with Crippen LogP contribution in [0.5, 0.6) is 0 Å². The van der Waals surface area contributed by atoms with Crippen LogP contribution in [-0.2, 0) is 0 Å². The zero-order chi connectivity index (χ0) is 14.1. The highest BCUT2D eigenvalue weighted by molar-refractivity contribution is 5.75. The molecule has 3 rings (SSSR count). The number of hydrogen-bond donors (Lipinski definition) is 1. The highest BCUT2D eigenvalue weighted by atomic mass is 15.5. The van der Waals surface area contributed by atoms with E-state index in [-0.39, 0.29) is 0 Å². The summed E-state index contributed by atoms with van der Waals surface area (Å²) < 4.78 is 1.60. The lowest BCUT2D eigenvalue weighted by Crippen LogP contribution is -2.17. The summed E-state index contributed by atoms with van der Waals surface area (Å²) >= 11 is 0. The molecule has 102 valence electrons. The van der Waals surface area contributed by atoms with Gasteiger partial charge < -0.3 is 10.2 Å². The predicted octanol–water partition coefficient (Wildman–Crippen LogP) is 0.713. The van der Waals surface area contributed by atoms with Crippen molar-refractivity contribution in [2.45, 2.75) is 0 Å². The van der Waals surface area contributed by atoms with Gasteiger partial charge in [-0.3, -0.25) is 0 Å². The number of para-hydroxylation sites is 1. The first-order valence-corrected chi connectivity index (χ1v) is 6.11. The molecule has 0 spiro atoms. The number of fused-ring (bicyclic) bond motifs is 1. The van der Waals surface area contributed by atoms with Gasteiger partial charge in [0.05, 0.1) is 5.52 Å². The Hall–Kier alpha value is -2.77. The molecular weight excluding hydrogens is 256 g/mol. The smallest absolute Gasteiger partial charge is 0.259 e. The fourth-order valence-corrected chi connectivity index (χ4v) is 1.78. The van der Waals surface area contributed by atoms with Gasteiger partial charge in [-0.2, -0.15) is 19.6 Å². The van der Waals surface area contributed by atoms with Crippen LogP contribution < -0.4 is 10.2 Å². The predicted molar refractivity (Wildman–Crippen MR) is 76.1 cm³/mol. The maximum absolute atomic E-state index is 4.40. The van der Waals surface area contributed by atoms with Gasteiger partial charge in [0, 0.05) is 21.1 Å². The molecule has 0 aliphatic heterocycles. The van der Waals surface area contributed by atoms with Crippen molar-refractivity contribution in [1.82, 2.24) is 29.9 Å². The van der Waals surface area contributed by atoms with Gasteiger partial charge in [0.1, 0.15) is 5.52 Å². The van der Waals surface area contributed by atoms with Gasteiger partial charge in [-0.15, -0.1) is 5.10 Å². The number of benzene rings is 1. The second-order valence-corrected chi connectivity index (χ2v) is 4.39. The maximum atomic E-state index is 4.40. The maximum Gasteiger partial charge on any atom is 0.259 e. The molecule has 0 unspecified atom stereocenters. The van der Waals surface area contributed by atoms with Crippen LogP contribution in [0.2, 0.25) is 0 Å². The molecule has 0 bridgehead atoms. The van der Waals surface area contributed by atoms with Crippen LogP contribution >= 0.6 is 0 Å². The van der Waals surface area contributed by atoms with E-state index in [4.69, 9.17) is 0 Å². The van der Waals surface area contributed by atoms with E-state index in [2.05, 4.69) is 30.6 Å². The molecule has 0 radical (unpaired) electrons. The zero-order valence-corrected chi connectivity index (χ0v) is 11.4. The molecule has 0 aliphatic rings. The third kappa shape index (κ3) is 2.00. The Morgan fingerprint density at radius 2 is 1.90 bits per heavy atom. The minimum atomic E-state index is 0.432. The molecule has 0 aliphatic carbocycles. The highest BCUT2D eigenvalue weighted by Crippen LogP contribution is 2.15. The molecule has 8 heteroatoms. The average molecular weight is 270 g/mol. The number of aromatic nitrogens is 6. The molecule has 8 nitrogen and oxygen atoms in total. The fraction of sp³-hybridized carbons (Fsp3) is 0.250. The van der Waals surface area contributed by atoms with Gasteiger partial charge in [0.15, 0.2) is 0 Å². The lowest BCUT2D eigenvalue weighted by atomic mass is 10.3. The van der Waals surface area contributed by atoms with Crippen molar-refractivity contribution in [3.8, 4) is 5.95 Å². The lowest BCUT2D eigenvalue weighted by molar-refractivity contribution is 0.762. The SMILES string of the molecule is CNc1nc(N(C)C)nc(-n2nnc3ccccc32)n1. The molecule has 1 N–H and O–H groups in total. The van der Waals surface area contributed by atoms with Crippen molar-refractivity contribution >= 4 is 22.9 Å². The molecule has 0 saturated heterocycles. The first-order chi connectivity index (χ1) is 9.69. The van der Waals surface area contributed by atoms with Gasteiger partial charge in [0.25, 0.3) is 5.95 Å². The van der Waals surface area contributed by atoms with Crippen LogP contribution in [-0.4, -0.2) is 51.1 Å². The summed E-state index contributed by atoms with van der Waals surface area (Å²) in [6, 6.07) is 7.66. The van der Waals surface area contributed by atoms with Crippen molar-refractivity contribution < 1.29 is 0 Å². The number of nitrogens with one attached hydrogen (secondary N) is 1. The first-order valence-electron chi connectivity index (χ1n) is 6.11. The Morgan fingerprint density at radius 1 is 1.10 bits per heavy atom. The Morgan fingerprint density at radius 3 is 2.65 bits per heavy atom. The van der Waals surface area contributed by atoms with Crippen molar-refractivity contribution in [2.75, 3.05) is 31.4 Å². The Bertz CT molecular complexity index is 748. The highest BCUT2D eigenvalue weighted by Gasteiger charge is 2.12. The Labute approximate surface area is 115 Å². The van der Waals surface area contributed by atoms with Crippen LogP contribution in [0.25, 0.3) is 17.0 Å². The third-order valence-corrected chi connectivity index (χ3v) is 2.78. The monoisotopic (exact) mass is 270 g/mol. The topological polar surface area (TPSA) is 84.7 Å². The molecule has 20 heavy (non-hydrogen) atoms. The van der Waals surface area contributed by atoms with E-state index in [0.29, 0.717) is 17.8 Å². The van der Waals surface area contributed by atoms with E-state index in [1.807, 2.05) is 43.3 Å². The van der Waals surface area contributed by atoms with E-state index in [9.17, 15) is 0 Å². The van der Waals surface area contributed by atoms with Crippen LogP contribution in [0.4, 0.5) is 11.9 Å². The largest absolute Gasteiger partial charge is 0.357 e. The summed E-state index contributed by atoms with van der Waals surface area (Å²) in [5.41, 5.74) is 1.65. The fourth-order valence-electron chi connectivity index (χ4n) is 1.78. The molecule has 0 atom stereocenters.